The Labute approximate surface area is 119 Å². The first kappa shape index (κ1) is 12.5. The lowest BCUT2D eigenvalue weighted by Crippen LogP contribution is -2.20. The van der Waals surface area contributed by atoms with Crippen molar-refractivity contribution >= 4 is 22.9 Å². The molecule has 1 aliphatic heterocycles. The van der Waals surface area contributed by atoms with Gasteiger partial charge in [-0.25, -0.2) is 4.98 Å². The van der Waals surface area contributed by atoms with Crippen molar-refractivity contribution in [1.29, 1.82) is 0 Å². The normalized spacial score (nSPS) is 13.6. The summed E-state index contributed by atoms with van der Waals surface area (Å²) < 4.78 is 0. The van der Waals surface area contributed by atoms with Crippen LogP contribution in [0.1, 0.15) is 6.92 Å². The van der Waals surface area contributed by atoms with Gasteiger partial charge in [-0.15, -0.1) is 0 Å². The van der Waals surface area contributed by atoms with E-state index in [4.69, 9.17) is 0 Å². The maximum Gasteiger partial charge on any atom is 0.126 e. The van der Waals surface area contributed by atoms with Gasteiger partial charge in [0.1, 0.15) is 11.6 Å². The van der Waals surface area contributed by atoms with Gasteiger partial charge < -0.3 is 10.2 Å². The van der Waals surface area contributed by atoms with Gasteiger partial charge in [0, 0.05) is 13.6 Å². The summed E-state index contributed by atoms with van der Waals surface area (Å²) in [6, 6.07) is 12.3. The molecule has 20 heavy (non-hydrogen) atoms. The molecule has 2 aromatic rings. The molecule has 4 heteroatoms. The molecule has 0 spiro atoms. The molecule has 0 aliphatic carbocycles. The maximum absolute atomic E-state index is 4.43. The third-order valence-electron chi connectivity index (χ3n) is 3.49. The van der Waals surface area contributed by atoms with Gasteiger partial charge in [-0.2, -0.15) is 0 Å². The number of nitrogens with zero attached hydrogens (tertiary/aromatic N) is 3. The Kier molecular flexibility index (Phi) is 3.06. The number of rotatable bonds is 3. The van der Waals surface area contributed by atoms with Crippen LogP contribution in [0.25, 0.3) is 0 Å². The second kappa shape index (κ2) is 4.89. The summed E-state index contributed by atoms with van der Waals surface area (Å²) >= 11 is 0. The highest BCUT2D eigenvalue weighted by Crippen LogP contribution is 2.44. The van der Waals surface area contributed by atoms with E-state index in [2.05, 4.69) is 51.8 Å². The Morgan fingerprint density at radius 1 is 1.15 bits per heavy atom. The number of hydrogen-bond donors (Lipinski definition) is 1. The van der Waals surface area contributed by atoms with E-state index in [1.807, 2.05) is 31.4 Å². The summed E-state index contributed by atoms with van der Waals surface area (Å²) in [7, 11) is 2.03. The van der Waals surface area contributed by atoms with Gasteiger partial charge in [0.25, 0.3) is 0 Å². The van der Waals surface area contributed by atoms with Crippen LogP contribution >= 0.6 is 0 Å². The van der Waals surface area contributed by atoms with Crippen LogP contribution < -0.4 is 15.1 Å². The minimum absolute atomic E-state index is 0.869. The van der Waals surface area contributed by atoms with Crippen molar-refractivity contribution in [3.05, 3.63) is 55.0 Å². The zero-order chi connectivity index (χ0) is 14.1. The summed E-state index contributed by atoms with van der Waals surface area (Å²) in [5.74, 6) is 1.83. The fourth-order valence-electron chi connectivity index (χ4n) is 2.46. The van der Waals surface area contributed by atoms with Crippen LogP contribution in [0.3, 0.4) is 0 Å². The number of para-hydroxylation sites is 2. The number of hydrogen-bond acceptors (Lipinski definition) is 4. The van der Waals surface area contributed by atoms with E-state index in [9.17, 15) is 0 Å². The second-order valence-electron chi connectivity index (χ2n) is 4.73. The van der Waals surface area contributed by atoms with Crippen LogP contribution in [0.2, 0.25) is 0 Å². The topological polar surface area (TPSA) is 31.4 Å². The summed E-state index contributed by atoms with van der Waals surface area (Å²) in [6.07, 6.45) is 1.87. The predicted octanol–water partition coefficient (Wildman–Crippen LogP) is 3.57. The lowest BCUT2D eigenvalue weighted by Gasteiger charge is -2.21. The maximum atomic E-state index is 4.43. The van der Waals surface area contributed by atoms with Gasteiger partial charge >= 0.3 is 0 Å². The van der Waals surface area contributed by atoms with Crippen LogP contribution in [0.4, 0.5) is 22.9 Å². The highest BCUT2D eigenvalue weighted by molar-refractivity contribution is 5.87. The van der Waals surface area contributed by atoms with Crippen LogP contribution in [0, 0.1) is 0 Å². The van der Waals surface area contributed by atoms with Gasteiger partial charge in [0.05, 0.1) is 23.3 Å². The largest absolute Gasteiger partial charge is 0.370 e. The van der Waals surface area contributed by atoms with Crippen LogP contribution in [0.5, 0.6) is 0 Å². The first-order valence-electron chi connectivity index (χ1n) is 6.74. The van der Waals surface area contributed by atoms with Crippen molar-refractivity contribution in [2.24, 2.45) is 0 Å². The second-order valence-corrected chi connectivity index (χ2v) is 4.73. The first-order chi connectivity index (χ1) is 9.72. The smallest absolute Gasteiger partial charge is 0.126 e. The molecule has 3 rings (SSSR count). The van der Waals surface area contributed by atoms with Gasteiger partial charge in [-0.05, 0) is 31.2 Å². The van der Waals surface area contributed by atoms with Crippen LogP contribution in [0.15, 0.2) is 55.0 Å². The number of fused-ring (bicyclic) bond motifs is 1. The van der Waals surface area contributed by atoms with E-state index in [0.29, 0.717) is 0 Å². The van der Waals surface area contributed by atoms with Crippen molar-refractivity contribution in [1.82, 2.24) is 4.98 Å². The van der Waals surface area contributed by atoms with E-state index in [1.165, 1.54) is 0 Å². The molecule has 0 amide bonds. The molecule has 2 heterocycles. The number of pyridine rings is 1. The van der Waals surface area contributed by atoms with E-state index < -0.39 is 0 Å². The molecule has 0 unspecified atom stereocenters. The third-order valence-corrected chi connectivity index (χ3v) is 3.49. The van der Waals surface area contributed by atoms with Crippen LogP contribution in [-0.4, -0.2) is 18.6 Å². The molecule has 0 atom stereocenters. The monoisotopic (exact) mass is 266 g/mol. The van der Waals surface area contributed by atoms with E-state index >= 15 is 0 Å². The van der Waals surface area contributed by atoms with E-state index in [-0.39, 0.29) is 0 Å². The summed E-state index contributed by atoms with van der Waals surface area (Å²) in [4.78, 5) is 8.65. The Morgan fingerprint density at radius 3 is 2.55 bits per heavy atom. The molecule has 0 saturated carbocycles. The summed E-state index contributed by atoms with van der Waals surface area (Å²) in [5, 5.41) is 3.20. The Morgan fingerprint density at radius 2 is 1.90 bits per heavy atom. The van der Waals surface area contributed by atoms with Crippen molar-refractivity contribution in [3.63, 3.8) is 0 Å². The van der Waals surface area contributed by atoms with Gasteiger partial charge in [-0.3, -0.25) is 4.90 Å². The number of aromatic nitrogens is 1. The fraction of sp³-hybridized carbons (Fsp3) is 0.188. The van der Waals surface area contributed by atoms with E-state index in [0.717, 1.165) is 35.2 Å². The number of anilines is 4. The SMILES string of the molecule is C=C1N(C)c2ccccc2N1c1ccc(NCC)nc1. The lowest BCUT2D eigenvalue weighted by atomic mass is 10.2. The first-order valence-corrected chi connectivity index (χ1v) is 6.74. The van der Waals surface area contributed by atoms with Gasteiger partial charge in [0.2, 0.25) is 0 Å². The average molecular weight is 266 g/mol. The fourth-order valence-corrected chi connectivity index (χ4v) is 2.46. The van der Waals surface area contributed by atoms with Crippen LogP contribution in [-0.2, 0) is 0 Å². The minimum atomic E-state index is 0.869. The molecule has 102 valence electrons. The molecule has 0 radical (unpaired) electrons. The average Bonchev–Trinajstić information content (AvgIpc) is 2.73. The quantitative estimate of drug-likeness (QED) is 0.920. The predicted molar refractivity (Wildman–Crippen MR) is 84.5 cm³/mol. The van der Waals surface area contributed by atoms with E-state index in [1.54, 1.807) is 0 Å². The van der Waals surface area contributed by atoms with Crippen molar-refractivity contribution in [2.75, 3.05) is 28.7 Å². The number of nitrogens with one attached hydrogen (secondary N) is 1. The highest BCUT2D eigenvalue weighted by atomic mass is 15.4. The summed E-state index contributed by atoms with van der Waals surface area (Å²) in [6.45, 7) is 7.10. The Bertz CT molecular complexity index is 633. The van der Waals surface area contributed by atoms with Gasteiger partial charge in [-0.1, -0.05) is 18.7 Å². The number of benzene rings is 1. The molecular formula is C16H18N4. The summed E-state index contributed by atoms with van der Waals surface area (Å²) in [5.41, 5.74) is 3.32. The zero-order valence-corrected chi connectivity index (χ0v) is 11.8. The zero-order valence-electron chi connectivity index (χ0n) is 11.8. The Hall–Kier alpha value is -2.49. The van der Waals surface area contributed by atoms with Crippen molar-refractivity contribution < 1.29 is 0 Å². The molecular weight excluding hydrogens is 248 g/mol. The molecule has 0 saturated heterocycles. The lowest BCUT2D eigenvalue weighted by molar-refractivity contribution is 1.08. The highest BCUT2D eigenvalue weighted by Gasteiger charge is 2.28. The molecule has 4 nitrogen and oxygen atoms in total. The van der Waals surface area contributed by atoms with Gasteiger partial charge in [0.15, 0.2) is 0 Å². The molecule has 0 bridgehead atoms. The Balaban J connectivity index is 1.99. The molecule has 0 fully saturated rings. The minimum Gasteiger partial charge on any atom is -0.370 e. The molecule has 1 aromatic carbocycles. The molecule has 1 aromatic heterocycles. The molecule has 1 aliphatic rings. The van der Waals surface area contributed by atoms with Crippen molar-refractivity contribution in [3.8, 4) is 0 Å². The molecule has 1 N–H and O–H groups in total. The third kappa shape index (κ3) is 1.90. The van der Waals surface area contributed by atoms with Crippen molar-refractivity contribution in [2.45, 2.75) is 6.92 Å². The standard InChI is InChI=1S/C16H18N4/c1-4-17-16-10-9-13(11-18-16)20-12(2)19(3)14-7-5-6-8-15(14)20/h5-11H,2,4H2,1,3H3,(H,17,18).